The SMILES string of the molecule is CN(Cc1ccccc1)CC(NC(=O)OCC1c2ccccc2-c2ccccc21)C(=O)N1C2CCC1CC(C(=O)O)C2. The van der Waals surface area contributed by atoms with Gasteiger partial charge in [0.25, 0.3) is 0 Å². The number of ether oxygens (including phenoxy) is 1. The van der Waals surface area contributed by atoms with Crippen LogP contribution < -0.4 is 5.32 Å². The summed E-state index contributed by atoms with van der Waals surface area (Å²) in [5.74, 6) is -1.47. The number of hydrogen-bond acceptors (Lipinski definition) is 5. The highest BCUT2D eigenvalue weighted by Crippen LogP contribution is 2.44. The third-order valence-electron chi connectivity index (χ3n) is 9.06. The highest BCUT2D eigenvalue weighted by molar-refractivity contribution is 5.87. The molecular formula is C34H37N3O5. The minimum atomic E-state index is -0.821. The van der Waals surface area contributed by atoms with Gasteiger partial charge in [0.05, 0.1) is 5.92 Å². The lowest BCUT2D eigenvalue weighted by molar-refractivity contribution is -0.149. The molecule has 8 nitrogen and oxygen atoms in total. The minimum absolute atomic E-state index is 0.0797. The Bertz CT molecular complexity index is 1400. The van der Waals surface area contributed by atoms with Crippen LogP contribution in [0, 0.1) is 5.92 Å². The molecule has 0 aromatic heterocycles. The number of fused-ring (bicyclic) bond motifs is 5. The Morgan fingerprint density at radius 1 is 0.905 bits per heavy atom. The Hall–Kier alpha value is -4.17. The van der Waals surface area contributed by atoms with Crippen molar-refractivity contribution in [1.29, 1.82) is 0 Å². The first-order chi connectivity index (χ1) is 20.4. The summed E-state index contributed by atoms with van der Waals surface area (Å²) in [6.45, 7) is 1.08. The maximum absolute atomic E-state index is 14.0. The topological polar surface area (TPSA) is 99.2 Å². The van der Waals surface area contributed by atoms with Crippen LogP contribution in [0.4, 0.5) is 4.79 Å². The molecule has 2 aliphatic heterocycles. The molecule has 2 saturated heterocycles. The number of piperidine rings is 1. The molecule has 1 aliphatic carbocycles. The van der Waals surface area contributed by atoms with Crippen molar-refractivity contribution < 1.29 is 24.2 Å². The smallest absolute Gasteiger partial charge is 0.407 e. The van der Waals surface area contributed by atoms with Crippen molar-refractivity contribution in [2.75, 3.05) is 20.2 Å². The van der Waals surface area contributed by atoms with E-state index in [2.05, 4.69) is 29.6 Å². The number of likely N-dealkylation sites (N-methyl/N-ethyl adjacent to an activating group) is 1. The summed E-state index contributed by atoms with van der Waals surface area (Å²) in [6, 6.07) is 25.3. The second-order valence-corrected chi connectivity index (χ2v) is 11.8. The standard InChI is InChI=1S/C34H37N3O5/c1-36(19-22-9-3-2-4-10-22)20-31(32(38)37-24-15-16-25(37)18-23(17-24)33(39)40)35-34(41)42-21-30-28-13-7-5-11-26(28)27-12-6-8-14-29(27)30/h2-14,23-25,30-31H,15-21H2,1H3,(H,35,41)(H,39,40). The fourth-order valence-electron chi connectivity index (χ4n) is 7.16. The van der Waals surface area contributed by atoms with Crippen molar-refractivity contribution in [2.24, 2.45) is 5.92 Å². The fraction of sp³-hybridized carbons (Fsp3) is 0.382. The Labute approximate surface area is 246 Å². The van der Waals surface area contributed by atoms with Crippen molar-refractivity contribution in [3.8, 4) is 11.1 Å². The van der Waals surface area contributed by atoms with E-state index >= 15 is 0 Å². The average Bonchev–Trinajstić information content (AvgIpc) is 3.45. The molecule has 2 N–H and O–H groups in total. The maximum atomic E-state index is 14.0. The molecule has 2 bridgehead atoms. The lowest BCUT2D eigenvalue weighted by Gasteiger charge is -2.40. The van der Waals surface area contributed by atoms with Crippen LogP contribution in [-0.4, -0.2) is 71.2 Å². The van der Waals surface area contributed by atoms with E-state index in [1.807, 2.05) is 71.4 Å². The quantitative estimate of drug-likeness (QED) is 0.383. The molecular weight excluding hydrogens is 530 g/mol. The zero-order valence-corrected chi connectivity index (χ0v) is 23.8. The molecule has 3 atom stereocenters. The van der Waals surface area contributed by atoms with Gasteiger partial charge in [-0.15, -0.1) is 0 Å². The summed E-state index contributed by atoms with van der Waals surface area (Å²) in [5.41, 5.74) is 5.66. The van der Waals surface area contributed by atoms with Gasteiger partial charge in [0, 0.05) is 31.1 Å². The summed E-state index contributed by atoms with van der Waals surface area (Å²) in [6.07, 6.45) is 1.86. The molecule has 2 heterocycles. The molecule has 6 rings (SSSR count). The van der Waals surface area contributed by atoms with Gasteiger partial charge in [-0.05, 0) is 60.5 Å². The second kappa shape index (κ2) is 12.0. The number of carboxylic acid groups (broad SMARTS) is 1. The third kappa shape index (κ3) is 5.63. The van der Waals surface area contributed by atoms with Crippen molar-refractivity contribution in [2.45, 2.75) is 56.3 Å². The van der Waals surface area contributed by atoms with E-state index < -0.39 is 24.0 Å². The monoisotopic (exact) mass is 567 g/mol. The van der Waals surface area contributed by atoms with Gasteiger partial charge in [-0.25, -0.2) is 4.79 Å². The van der Waals surface area contributed by atoms with Crippen LogP contribution in [0.5, 0.6) is 0 Å². The number of benzene rings is 3. The lowest BCUT2D eigenvalue weighted by Crippen LogP contribution is -2.58. The van der Waals surface area contributed by atoms with Gasteiger partial charge in [-0.2, -0.15) is 0 Å². The summed E-state index contributed by atoms with van der Waals surface area (Å²) < 4.78 is 5.81. The average molecular weight is 568 g/mol. The molecule has 0 spiro atoms. The number of amides is 2. The van der Waals surface area contributed by atoms with Crippen LogP contribution in [-0.2, 0) is 20.9 Å². The predicted molar refractivity (Wildman–Crippen MR) is 159 cm³/mol. The fourth-order valence-corrected chi connectivity index (χ4v) is 7.16. The number of carboxylic acids is 1. The molecule has 42 heavy (non-hydrogen) atoms. The van der Waals surface area contributed by atoms with Crippen LogP contribution in [0.25, 0.3) is 11.1 Å². The Balaban J connectivity index is 1.16. The first kappa shape index (κ1) is 28.0. The van der Waals surface area contributed by atoms with E-state index in [9.17, 15) is 19.5 Å². The molecule has 0 radical (unpaired) electrons. The summed E-state index contributed by atoms with van der Waals surface area (Å²) in [4.78, 5) is 42.9. The van der Waals surface area contributed by atoms with E-state index in [0.717, 1.165) is 40.7 Å². The number of alkyl carbamates (subject to hydrolysis) is 1. The second-order valence-electron chi connectivity index (χ2n) is 11.8. The van der Waals surface area contributed by atoms with Crippen LogP contribution in [0.2, 0.25) is 0 Å². The van der Waals surface area contributed by atoms with Crippen molar-refractivity contribution in [3.05, 3.63) is 95.6 Å². The van der Waals surface area contributed by atoms with Crippen molar-refractivity contribution in [1.82, 2.24) is 15.1 Å². The number of carbonyl (C=O) groups is 3. The van der Waals surface area contributed by atoms with E-state index in [0.29, 0.717) is 25.9 Å². The molecule has 2 fully saturated rings. The zero-order chi connectivity index (χ0) is 29.2. The van der Waals surface area contributed by atoms with Gasteiger partial charge in [0.1, 0.15) is 12.6 Å². The van der Waals surface area contributed by atoms with Crippen molar-refractivity contribution in [3.63, 3.8) is 0 Å². The molecule has 3 unspecified atom stereocenters. The first-order valence-electron chi connectivity index (χ1n) is 14.8. The van der Waals surface area contributed by atoms with Crippen LogP contribution >= 0.6 is 0 Å². The highest BCUT2D eigenvalue weighted by Gasteiger charge is 2.47. The number of hydrogen-bond donors (Lipinski definition) is 2. The summed E-state index contributed by atoms with van der Waals surface area (Å²) >= 11 is 0. The third-order valence-corrected chi connectivity index (χ3v) is 9.06. The van der Waals surface area contributed by atoms with Gasteiger partial charge in [0.2, 0.25) is 5.91 Å². The number of nitrogens with one attached hydrogen (secondary N) is 1. The molecule has 0 saturated carbocycles. The van der Waals surface area contributed by atoms with E-state index in [1.54, 1.807) is 0 Å². The van der Waals surface area contributed by atoms with E-state index in [4.69, 9.17) is 4.74 Å². The maximum Gasteiger partial charge on any atom is 0.407 e. The van der Waals surface area contributed by atoms with E-state index in [-0.39, 0.29) is 30.5 Å². The lowest BCUT2D eigenvalue weighted by atomic mass is 9.90. The molecule has 3 aliphatic rings. The molecule has 3 aromatic carbocycles. The molecule has 3 aromatic rings. The number of carbonyl (C=O) groups excluding carboxylic acids is 2. The van der Waals surface area contributed by atoms with Crippen LogP contribution in [0.15, 0.2) is 78.9 Å². The predicted octanol–water partition coefficient (Wildman–Crippen LogP) is 4.88. The Kier molecular flexibility index (Phi) is 7.98. The largest absolute Gasteiger partial charge is 0.481 e. The molecule has 218 valence electrons. The van der Waals surface area contributed by atoms with Crippen molar-refractivity contribution >= 4 is 18.0 Å². The number of rotatable bonds is 9. The van der Waals surface area contributed by atoms with Crippen LogP contribution in [0.1, 0.15) is 48.3 Å². The Morgan fingerprint density at radius 3 is 2.07 bits per heavy atom. The number of aliphatic carboxylic acids is 1. The van der Waals surface area contributed by atoms with Gasteiger partial charge < -0.3 is 20.1 Å². The minimum Gasteiger partial charge on any atom is -0.481 e. The molecule has 2 amide bonds. The molecule has 8 heteroatoms. The first-order valence-corrected chi connectivity index (χ1v) is 14.8. The number of nitrogens with zero attached hydrogens (tertiary/aromatic N) is 2. The summed E-state index contributed by atoms with van der Waals surface area (Å²) in [5, 5.41) is 12.5. The van der Waals surface area contributed by atoms with Gasteiger partial charge in [-0.1, -0.05) is 78.9 Å². The highest BCUT2D eigenvalue weighted by atomic mass is 16.5. The normalized spacial score (nSPS) is 21.5. The van der Waals surface area contributed by atoms with Gasteiger partial charge in [0.15, 0.2) is 0 Å². The Morgan fingerprint density at radius 2 is 1.48 bits per heavy atom. The van der Waals surface area contributed by atoms with Crippen LogP contribution in [0.3, 0.4) is 0 Å². The zero-order valence-electron chi connectivity index (χ0n) is 23.8. The van der Waals surface area contributed by atoms with E-state index in [1.165, 1.54) is 0 Å². The summed E-state index contributed by atoms with van der Waals surface area (Å²) in [7, 11) is 1.93. The van der Waals surface area contributed by atoms with Gasteiger partial charge >= 0.3 is 12.1 Å². The van der Waals surface area contributed by atoms with Gasteiger partial charge in [-0.3, -0.25) is 14.5 Å².